The molecular formula is C19H19BCl6N3-. The summed E-state index contributed by atoms with van der Waals surface area (Å²) in [7, 11) is 0.196. The lowest BCUT2D eigenvalue weighted by molar-refractivity contribution is 0.851. The SMILES string of the molecule is C.C[BH2-]c1ccccc1.ClC(Cl)(Cl)c1nc(-c2ccccc2)nc(C(Cl)(Cl)Cl)n1. The Balaban J connectivity index is 0.000000394. The predicted octanol–water partition coefficient (Wildman–Crippen LogP) is 6.36. The van der Waals surface area contributed by atoms with Gasteiger partial charge in [0.05, 0.1) is 0 Å². The van der Waals surface area contributed by atoms with E-state index in [1.54, 1.807) is 12.1 Å². The Morgan fingerprint density at radius 3 is 1.41 bits per heavy atom. The normalized spacial score (nSPS) is 11.1. The first-order chi connectivity index (χ1) is 13.1. The Kier molecular flexibility index (Phi) is 10.5. The lowest BCUT2D eigenvalue weighted by atomic mass is 9.74. The molecule has 0 atom stereocenters. The molecule has 0 spiro atoms. The highest BCUT2D eigenvalue weighted by Crippen LogP contribution is 2.40. The van der Waals surface area contributed by atoms with Crippen LogP contribution < -0.4 is 5.46 Å². The zero-order chi connectivity index (χ0) is 20.8. The number of benzene rings is 2. The van der Waals surface area contributed by atoms with Crippen LogP contribution in [-0.2, 0) is 7.59 Å². The molecule has 0 radical (unpaired) electrons. The van der Waals surface area contributed by atoms with Crippen molar-refractivity contribution >= 4 is 82.3 Å². The van der Waals surface area contributed by atoms with E-state index < -0.39 is 7.59 Å². The summed E-state index contributed by atoms with van der Waals surface area (Å²) in [6.45, 7) is 2.29. The van der Waals surface area contributed by atoms with Gasteiger partial charge < -0.3 is 0 Å². The van der Waals surface area contributed by atoms with Gasteiger partial charge in [0.25, 0.3) is 0 Å². The molecule has 3 aromatic rings. The highest BCUT2D eigenvalue weighted by molar-refractivity contribution is 6.67. The molecule has 0 fully saturated rings. The Morgan fingerprint density at radius 1 is 0.655 bits per heavy atom. The van der Waals surface area contributed by atoms with E-state index in [1.165, 1.54) is 5.46 Å². The molecule has 0 bridgehead atoms. The summed E-state index contributed by atoms with van der Waals surface area (Å²) in [6.07, 6.45) is 0. The number of halogens is 6. The zero-order valence-corrected chi connectivity index (χ0v) is 19.4. The molecule has 0 aliphatic heterocycles. The van der Waals surface area contributed by atoms with Crippen molar-refractivity contribution in [2.45, 2.75) is 21.8 Å². The molecule has 1 heterocycles. The monoisotopic (exact) mass is 510 g/mol. The summed E-state index contributed by atoms with van der Waals surface area (Å²) in [5, 5.41) is 0. The minimum Gasteiger partial charge on any atom is -0.217 e. The molecule has 10 heteroatoms. The molecule has 2 aromatic carbocycles. The largest absolute Gasteiger partial charge is 0.250 e. The molecule has 0 aliphatic rings. The quantitative estimate of drug-likeness (QED) is 0.296. The van der Waals surface area contributed by atoms with Crippen LogP contribution in [0.5, 0.6) is 0 Å². The molecule has 0 aliphatic carbocycles. The van der Waals surface area contributed by atoms with E-state index in [0.717, 1.165) is 0 Å². The maximum atomic E-state index is 5.79. The average Bonchev–Trinajstić information content (AvgIpc) is 2.68. The highest BCUT2D eigenvalue weighted by atomic mass is 35.6. The number of rotatable bonds is 2. The number of alkyl halides is 6. The molecule has 0 unspecified atom stereocenters. The van der Waals surface area contributed by atoms with Crippen LogP contribution in [0.15, 0.2) is 60.7 Å². The Labute approximate surface area is 201 Å². The van der Waals surface area contributed by atoms with Gasteiger partial charge in [0.2, 0.25) is 7.59 Å². The number of hydrogen-bond donors (Lipinski definition) is 0. The standard InChI is InChI=1S/C11H5Cl6N3.C7H10B.CH4/c12-10(13,14)8-18-7(6-4-2-1-3-5-6)19-9(20-8)11(15,16)17;1-8-7-5-3-2-4-6-7;/h1-5H;2-6H,8H2,1H3;1H4/q;-1;. The van der Waals surface area contributed by atoms with E-state index in [9.17, 15) is 0 Å². The van der Waals surface area contributed by atoms with Gasteiger partial charge in [0.15, 0.2) is 17.5 Å². The average molecular weight is 513 g/mol. The fourth-order valence-corrected chi connectivity index (χ4v) is 2.72. The molecule has 0 amide bonds. The van der Waals surface area contributed by atoms with Gasteiger partial charge in [-0.3, -0.25) is 0 Å². The van der Waals surface area contributed by atoms with E-state index in [4.69, 9.17) is 69.6 Å². The summed E-state index contributed by atoms with van der Waals surface area (Å²) >= 11 is 34.7. The Morgan fingerprint density at radius 2 is 1.07 bits per heavy atom. The third-order valence-electron chi connectivity index (χ3n) is 3.69. The molecule has 0 N–H and O–H groups in total. The molecular weight excluding hydrogens is 494 g/mol. The molecule has 29 heavy (non-hydrogen) atoms. The molecule has 156 valence electrons. The second-order valence-electron chi connectivity index (χ2n) is 5.82. The lowest BCUT2D eigenvalue weighted by Gasteiger charge is -2.15. The van der Waals surface area contributed by atoms with Crippen LogP contribution in [0.2, 0.25) is 6.82 Å². The second-order valence-corrected chi connectivity index (χ2v) is 10.4. The van der Waals surface area contributed by atoms with Crippen LogP contribution in [0.4, 0.5) is 0 Å². The van der Waals surface area contributed by atoms with Gasteiger partial charge in [-0.05, 0) is 7.28 Å². The summed E-state index contributed by atoms with van der Waals surface area (Å²) in [4.78, 5) is 12.1. The maximum absolute atomic E-state index is 5.79. The van der Waals surface area contributed by atoms with E-state index in [-0.39, 0.29) is 32.2 Å². The van der Waals surface area contributed by atoms with Crippen LogP contribution in [0.1, 0.15) is 19.1 Å². The first-order valence-corrected chi connectivity index (χ1v) is 10.8. The van der Waals surface area contributed by atoms with Crippen molar-refractivity contribution in [2.24, 2.45) is 0 Å². The van der Waals surface area contributed by atoms with Crippen LogP contribution in [-0.4, -0.2) is 22.2 Å². The molecule has 0 saturated carbocycles. The van der Waals surface area contributed by atoms with Gasteiger partial charge >= 0.3 is 0 Å². The highest BCUT2D eigenvalue weighted by Gasteiger charge is 2.33. The fraction of sp³-hybridized carbons (Fsp3) is 0.211. The second kappa shape index (κ2) is 11.6. The minimum absolute atomic E-state index is 0. The Hall–Kier alpha value is -0.745. The third kappa shape index (κ3) is 8.49. The number of nitrogens with zero attached hydrogens (tertiary/aromatic N) is 3. The maximum Gasteiger partial charge on any atom is 0.250 e. The molecule has 1 aromatic heterocycles. The van der Waals surface area contributed by atoms with Gasteiger partial charge in [0.1, 0.15) is 0 Å². The van der Waals surface area contributed by atoms with Gasteiger partial charge in [0, 0.05) is 5.56 Å². The van der Waals surface area contributed by atoms with Crippen LogP contribution in [0, 0.1) is 0 Å². The third-order valence-corrected chi connectivity index (χ3v) is 4.71. The van der Waals surface area contributed by atoms with Gasteiger partial charge in [-0.25, -0.2) is 20.4 Å². The van der Waals surface area contributed by atoms with Crippen molar-refractivity contribution in [1.29, 1.82) is 0 Å². The van der Waals surface area contributed by atoms with Gasteiger partial charge in [-0.15, -0.1) is 0 Å². The molecule has 0 saturated heterocycles. The summed E-state index contributed by atoms with van der Waals surface area (Å²) in [6, 6.07) is 19.7. The van der Waals surface area contributed by atoms with Gasteiger partial charge in [-0.1, -0.05) is 138 Å². The minimum atomic E-state index is -1.85. The van der Waals surface area contributed by atoms with Gasteiger partial charge in [-0.2, -0.15) is 6.82 Å². The van der Waals surface area contributed by atoms with Crippen LogP contribution >= 0.6 is 69.6 Å². The molecule has 3 rings (SSSR count). The van der Waals surface area contributed by atoms with E-state index in [1.807, 2.05) is 18.2 Å². The van der Waals surface area contributed by atoms with Crippen molar-refractivity contribution in [3.05, 3.63) is 72.3 Å². The smallest absolute Gasteiger partial charge is 0.217 e. The van der Waals surface area contributed by atoms with Crippen molar-refractivity contribution in [1.82, 2.24) is 15.0 Å². The summed E-state index contributed by atoms with van der Waals surface area (Å²) < 4.78 is -3.70. The lowest BCUT2D eigenvalue weighted by Crippen LogP contribution is -2.16. The van der Waals surface area contributed by atoms with Crippen LogP contribution in [0.25, 0.3) is 11.4 Å². The van der Waals surface area contributed by atoms with Crippen LogP contribution in [0.3, 0.4) is 0 Å². The predicted molar refractivity (Wildman–Crippen MR) is 131 cm³/mol. The number of hydrogen-bond acceptors (Lipinski definition) is 3. The first-order valence-electron chi connectivity index (χ1n) is 8.55. The van der Waals surface area contributed by atoms with Crippen molar-refractivity contribution in [3.8, 4) is 11.4 Å². The van der Waals surface area contributed by atoms with Crippen molar-refractivity contribution in [2.75, 3.05) is 0 Å². The topological polar surface area (TPSA) is 38.7 Å². The summed E-state index contributed by atoms with van der Waals surface area (Å²) in [5.74, 6) is 0.0265. The molecule has 3 nitrogen and oxygen atoms in total. The Bertz CT molecular complexity index is 852. The van der Waals surface area contributed by atoms with Crippen molar-refractivity contribution < 1.29 is 0 Å². The van der Waals surface area contributed by atoms with Crippen molar-refractivity contribution in [3.63, 3.8) is 0 Å². The van der Waals surface area contributed by atoms with E-state index in [2.05, 4.69) is 52.1 Å². The zero-order valence-electron chi connectivity index (χ0n) is 14.9. The number of aromatic nitrogens is 3. The van der Waals surface area contributed by atoms with E-state index in [0.29, 0.717) is 5.56 Å². The first kappa shape index (κ1) is 26.3. The fourth-order valence-electron chi connectivity index (χ4n) is 2.21. The van der Waals surface area contributed by atoms with E-state index >= 15 is 0 Å². The summed E-state index contributed by atoms with van der Waals surface area (Å²) in [5.41, 5.74) is 2.22.